The molecule has 1 aromatic heterocycles. The van der Waals surface area contributed by atoms with Crippen molar-refractivity contribution in [2.75, 3.05) is 14.2 Å². The summed E-state index contributed by atoms with van der Waals surface area (Å²) >= 11 is 0. The van der Waals surface area contributed by atoms with Crippen LogP contribution in [0.5, 0.6) is 11.5 Å². The summed E-state index contributed by atoms with van der Waals surface area (Å²) in [6, 6.07) is 2.96. The molecule has 17 heavy (non-hydrogen) atoms. The molecular weight excluding hydrogens is 266 g/mol. The molecule has 92 valence electrons. The molecule has 0 aliphatic carbocycles. The summed E-state index contributed by atoms with van der Waals surface area (Å²) in [5, 5.41) is 0.470. The monoisotopic (exact) mass is 275 g/mol. The van der Waals surface area contributed by atoms with Crippen molar-refractivity contribution < 1.29 is 17.9 Å². The van der Waals surface area contributed by atoms with Gasteiger partial charge in [-0.3, -0.25) is 0 Å². The van der Waals surface area contributed by atoms with Crippen LogP contribution in [0, 0.1) is 0 Å². The van der Waals surface area contributed by atoms with Gasteiger partial charge in [0.1, 0.15) is 0 Å². The number of hydrogen-bond donors (Lipinski definition) is 1. The molecule has 5 nitrogen and oxygen atoms in total. The molecule has 1 aromatic carbocycles. The Morgan fingerprint density at radius 1 is 1.29 bits per heavy atom. The minimum absolute atomic E-state index is 0.00642. The first-order valence-corrected chi connectivity index (χ1v) is 6.96. The van der Waals surface area contributed by atoms with Crippen LogP contribution in [0.25, 0.3) is 10.9 Å². The largest absolute Gasteiger partial charge is 0.493 e. The third-order valence-electron chi connectivity index (χ3n) is 2.41. The van der Waals surface area contributed by atoms with Crippen LogP contribution in [0.15, 0.2) is 23.2 Å². The van der Waals surface area contributed by atoms with Crippen molar-refractivity contribution in [3.05, 3.63) is 18.3 Å². The van der Waals surface area contributed by atoms with Crippen molar-refractivity contribution in [3.63, 3.8) is 0 Å². The van der Waals surface area contributed by atoms with Crippen LogP contribution in [0.3, 0.4) is 0 Å². The second-order valence-electron chi connectivity index (χ2n) is 3.31. The van der Waals surface area contributed by atoms with Gasteiger partial charge < -0.3 is 14.5 Å². The summed E-state index contributed by atoms with van der Waals surface area (Å²) in [6.45, 7) is 0. The van der Waals surface area contributed by atoms with E-state index in [1.54, 1.807) is 12.3 Å². The van der Waals surface area contributed by atoms with E-state index in [4.69, 9.17) is 20.2 Å². The first-order chi connectivity index (χ1) is 7.99. The smallest absolute Gasteiger partial charge is 0.262 e. The number of H-pyrrole nitrogens is 1. The third-order valence-corrected chi connectivity index (χ3v) is 3.77. The van der Waals surface area contributed by atoms with Gasteiger partial charge in [0, 0.05) is 28.3 Å². The van der Waals surface area contributed by atoms with Crippen LogP contribution in [0.4, 0.5) is 0 Å². The number of ether oxygens (including phenoxy) is 2. The lowest BCUT2D eigenvalue weighted by Gasteiger charge is -2.10. The van der Waals surface area contributed by atoms with Gasteiger partial charge in [-0.25, -0.2) is 8.42 Å². The molecule has 0 aliphatic heterocycles. The van der Waals surface area contributed by atoms with Gasteiger partial charge in [-0.15, -0.1) is 0 Å². The van der Waals surface area contributed by atoms with Crippen molar-refractivity contribution in [3.8, 4) is 11.5 Å². The molecule has 2 rings (SSSR count). The van der Waals surface area contributed by atoms with Crippen molar-refractivity contribution in [2.45, 2.75) is 4.90 Å². The molecule has 0 aliphatic rings. The molecule has 2 aromatic rings. The Morgan fingerprint density at radius 3 is 2.53 bits per heavy atom. The van der Waals surface area contributed by atoms with Crippen LogP contribution in [-0.4, -0.2) is 27.6 Å². The molecule has 0 amide bonds. The number of aromatic amines is 1. The molecule has 1 N–H and O–H groups in total. The molecule has 7 heteroatoms. The Bertz CT molecular complexity index is 662. The number of rotatable bonds is 3. The SMILES string of the molecule is COc1cc(S(=O)(=O)Cl)c2cc[nH]c2c1OC. The van der Waals surface area contributed by atoms with E-state index in [0.29, 0.717) is 22.4 Å². The highest BCUT2D eigenvalue weighted by molar-refractivity contribution is 8.14. The Morgan fingerprint density at radius 2 is 2.00 bits per heavy atom. The van der Waals surface area contributed by atoms with Gasteiger partial charge in [0.25, 0.3) is 9.05 Å². The normalized spacial score (nSPS) is 11.7. The van der Waals surface area contributed by atoms with E-state index in [9.17, 15) is 8.42 Å². The second-order valence-corrected chi connectivity index (χ2v) is 5.85. The van der Waals surface area contributed by atoms with E-state index < -0.39 is 9.05 Å². The zero-order valence-corrected chi connectivity index (χ0v) is 10.7. The Labute approximate surface area is 103 Å². The molecule has 0 unspecified atom stereocenters. The van der Waals surface area contributed by atoms with E-state index in [1.165, 1.54) is 20.3 Å². The summed E-state index contributed by atoms with van der Waals surface area (Å²) in [7, 11) is 4.45. The lowest BCUT2D eigenvalue weighted by molar-refractivity contribution is 0.357. The van der Waals surface area contributed by atoms with Gasteiger partial charge >= 0.3 is 0 Å². The highest BCUT2D eigenvalue weighted by Crippen LogP contribution is 2.39. The van der Waals surface area contributed by atoms with Crippen LogP contribution < -0.4 is 9.47 Å². The van der Waals surface area contributed by atoms with Gasteiger partial charge in [-0.05, 0) is 6.07 Å². The van der Waals surface area contributed by atoms with Crippen LogP contribution in [0.2, 0.25) is 0 Å². The predicted molar refractivity (Wildman–Crippen MR) is 64.4 cm³/mol. The lowest BCUT2D eigenvalue weighted by atomic mass is 10.2. The molecule has 0 radical (unpaired) electrons. The highest BCUT2D eigenvalue weighted by atomic mass is 35.7. The fraction of sp³-hybridized carbons (Fsp3) is 0.200. The fourth-order valence-electron chi connectivity index (χ4n) is 1.70. The van der Waals surface area contributed by atoms with Crippen LogP contribution in [-0.2, 0) is 9.05 Å². The Balaban J connectivity index is 2.92. The summed E-state index contributed by atoms with van der Waals surface area (Å²) in [4.78, 5) is 2.89. The molecular formula is C10H10ClNO4S. The molecule has 0 saturated heterocycles. The number of hydrogen-bond acceptors (Lipinski definition) is 4. The van der Waals surface area contributed by atoms with E-state index in [-0.39, 0.29) is 4.90 Å². The summed E-state index contributed by atoms with van der Waals surface area (Å²) in [6.07, 6.45) is 1.61. The minimum Gasteiger partial charge on any atom is -0.493 e. The number of nitrogens with one attached hydrogen (secondary N) is 1. The van der Waals surface area contributed by atoms with Crippen molar-refractivity contribution in [1.82, 2.24) is 4.98 Å². The molecule has 1 heterocycles. The number of halogens is 1. The topological polar surface area (TPSA) is 68.4 Å². The summed E-state index contributed by atoms with van der Waals surface area (Å²) in [5.41, 5.74) is 0.533. The molecule has 0 fully saturated rings. The summed E-state index contributed by atoms with van der Waals surface area (Å²) < 4.78 is 33.2. The molecule has 0 spiro atoms. The average Bonchev–Trinajstić information content (AvgIpc) is 2.73. The van der Waals surface area contributed by atoms with Gasteiger partial charge in [0.05, 0.1) is 24.6 Å². The minimum atomic E-state index is -3.84. The van der Waals surface area contributed by atoms with Gasteiger partial charge in [0.15, 0.2) is 11.5 Å². The maximum atomic E-state index is 11.5. The molecule has 0 saturated carbocycles. The van der Waals surface area contributed by atoms with E-state index in [2.05, 4.69) is 4.98 Å². The first-order valence-electron chi connectivity index (χ1n) is 4.65. The van der Waals surface area contributed by atoms with Crippen LogP contribution >= 0.6 is 10.7 Å². The van der Waals surface area contributed by atoms with Crippen molar-refractivity contribution in [2.24, 2.45) is 0 Å². The number of benzene rings is 1. The maximum absolute atomic E-state index is 11.5. The molecule has 0 atom stereocenters. The zero-order chi connectivity index (χ0) is 12.6. The van der Waals surface area contributed by atoms with E-state index >= 15 is 0 Å². The number of fused-ring (bicyclic) bond motifs is 1. The Hall–Kier alpha value is -1.40. The maximum Gasteiger partial charge on any atom is 0.262 e. The first kappa shape index (κ1) is 12.1. The van der Waals surface area contributed by atoms with Gasteiger partial charge in [0.2, 0.25) is 0 Å². The lowest BCUT2D eigenvalue weighted by Crippen LogP contribution is -1.97. The standard InChI is InChI=1S/C10H10ClNO4S/c1-15-7-5-8(17(11,13)14)6-3-4-12-9(6)10(7)16-2/h3-5,12H,1-2H3. The number of aromatic nitrogens is 1. The predicted octanol–water partition coefficient (Wildman–Crippen LogP) is 2.11. The van der Waals surface area contributed by atoms with Crippen LogP contribution in [0.1, 0.15) is 0 Å². The van der Waals surface area contributed by atoms with E-state index in [0.717, 1.165) is 0 Å². The molecule has 0 bridgehead atoms. The second kappa shape index (κ2) is 4.12. The average molecular weight is 276 g/mol. The zero-order valence-electron chi connectivity index (χ0n) is 9.15. The van der Waals surface area contributed by atoms with Gasteiger partial charge in [-0.2, -0.15) is 0 Å². The van der Waals surface area contributed by atoms with E-state index in [1.807, 2.05) is 0 Å². The quantitative estimate of drug-likeness (QED) is 0.871. The number of methoxy groups -OCH3 is 2. The van der Waals surface area contributed by atoms with Crippen molar-refractivity contribution in [1.29, 1.82) is 0 Å². The summed E-state index contributed by atoms with van der Waals surface area (Å²) in [5.74, 6) is 0.748. The van der Waals surface area contributed by atoms with Gasteiger partial charge in [-0.1, -0.05) is 0 Å². The Kier molecular flexibility index (Phi) is 2.92. The van der Waals surface area contributed by atoms with Crippen molar-refractivity contribution >= 4 is 30.6 Å². The highest BCUT2D eigenvalue weighted by Gasteiger charge is 2.21. The fourth-order valence-corrected chi connectivity index (χ4v) is 2.77. The third kappa shape index (κ3) is 1.94.